The normalized spacial score (nSPS) is 10.0. The predicted molar refractivity (Wildman–Crippen MR) is 69.3 cm³/mol. The maximum Gasteiger partial charge on any atom is 0.292 e. The number of rotatable bonds is 4. The summed E-state index contributed by atoms with van der Waals surface area (Å²) in [5, 5.41) is 13.7. The van der Waals surface area contributed by atoms with Gasteiger partial charge in [0, 0.05) is 17.8 Å². The van der Waals surface area contributed by atoms with Crippen LogP contribution in [0, 0.1) is 15.9 Å². The lowest BCUT2D eigenvalue weighted by Gasteiger charge is -2.09. The molecular formula is C13H11FN2O3. The van der Waals surface area contributed by atoms with Crippen molar-refractivity contribution in [1.29, 1.82) is 0 Å². The molecule has 2 aromatic rings. The largest absolute Gasteiger partial charge is 0.494 e. The highest BCUT2D eigenvalue weighted by atomic mass is 19.1. The average Bonchev–Trinajstić information content (AvgIpc) is 2.41. The number of hydrogen-bond acceptors (Lipinski definition) is 4. The number of nitrogens with one attached hydrogen (secondary N) is 1. The summed E-state index contributed by atoms with van der Waals surface area (Å²) in [5.74, 6) is -0.417. The van der Waals surface area contributed by atoms with Crippen LogP contribution < -0.4 is 10.1 Å². The van der Waals surface area contributed by atoms with E-state index in [4.69, 9.17) is 4.74 Å². The van der Waals surface area contributed by atoms with Gasteiger partial charge in [-0.3, -0.25) is 10.1 Å². The predicted octanol–water partition coefficient (Wildman–Crippen LogP) is 3.49. The second-order valence-corrected chi connectivity index (χ2v) is 3.75. The van der Waals surface area contributed by atoms with Crippen molar-refractivity contribution in [3.63, 3.8) is 0 Å². The van der Waals surface area contributed by atoms with Gasteiger partial charge in [0.15, 0.2) is 11.6 Å². The molecule has 98 valence electrons. The van der Waals surface area contributed by atoms with Crippen molar-refractivity contribution in [2.24, 2.45) is 0 Å². The SMILES string of the molecule is COc1cc(Nc2ccccc2[N+](=O)[O-])ccc1F. The number of methoxy groups -OCH3 is 1. The highest BCUT2D eigenvalue weighted by molar-refractivity contribution is 5.69. The maximum atomic E-state index is 13.3. The molecule has 0 bridgehead atoms. The Labute approximate surface area is 108 Å². The van der Waals surface area contributed by atoms with Gasteiger partial charge in [-0.2, -0.15) is 0 Å². The van der Waals surface area contributed by atoms with E-state index in [0.717, 1.165) is 0 Å². The van der Waals surface area contributed by atoms with Crippen LogP contribution in [-0.4, -0.2) is 12.0 Å². The third kappa shape index (κ3) is 2.79. The molecule has 6 heteroatoms. The Morgan fingerprint density at radius 3 is 2.68 bits per heavy atom. The molecular weight excluding hydrogens is 251 g/mol. The molecule has 2 aromatic carbocycles. The van der Waals surface area contributed by atoms with Gasteiger partial charge in [-0.1, -0.05) is 12.1 Å². The molecule has 0 spiro atoms. The number of hydrogen-bond donors (Lipinski definition) is 1. The van der Waals surface area contributed by atoms with Crippen LogP contribution >= 0.6 is 0 Å². The second-order valence-electron chi connectivity index (χ2n) is 3.75. The van der Waals surface area contributed by atoms with E-state index in [9.17, 15) is 14.5 Å². The zero-order valence-corrected chi connectivity index (χ0v) is 10.1. The molecule has 0 radical (unpaired) electrons. The van der Waals surface area contributed by atoms with Crippen molar-refractivity contribution >= 4 is 17.1 Å². The van der Waals surface area contributed by atoms with Crippen molar-refractivity contribution in [3.05, 3.63) is 58.4 Å². The molecule has 0 aliphatic carbocycles. The minimum atomic E-state index is -0.490. The first kappa shape index (κ1) is 12.8. The zero-order valence-electron chi connectivity index (χ0n) is 10.1. The molecule has 19 heavy (non-hydrogen) atoms. The molecule has 0 amide bonds. The quantitative estimate of drug-likeness (QED) is 0.676. The Morgan fingerprint density at radius 1 is 1.26 bits per heavy atom. The fourth-order valence-corrected chi connectivity index (χ4v) is 1.63. The van der Waals surface area contributed by atoms with Gasteiger partial charge in [0.2, 0.25) is 0 Å². The Kier molecular flexibility index (Phi) is 3.61. The third-order valence-electron chi connectivity index (χ3n) is 2.53. The summed E-state index contributed by atoms with van der Waals surface area (Å²) in [5.41, 5.74) is 0.791. The molecule has 0 unspecified atom stereocenters. The Morgan fingerprint density at radius 2 is 2.00 bits per heavy atom. The lowest BCUT2D eigenvalue weighted by molar-refractivity contribution is -0.383. The molecule has 0 saturated heterocycles. The van der Waals surface area contributed by atoms with Gasteiger partial charge in [0.25, 0.3) is 5.69 Å². The van der Waals surface area contributed by atoms with Crippen LogP contribution in [0.4, 0.5) is 21.5 Å². The van der Waals surface area contributed by atoms with E-state index in [1.165, 1.54) is 31.4 Å². The number of ether oxygens (including phenoxy) is 1. The van der Waals surface area contributed by atoms with E-state index in [1.807, 2.05) is 0 Å². The van der Waals surface area contributed by atoms with Crippen LogP contribution in [0.25, 0.3) is 0 Å². The molecule has 0 aliphatic heterocycles. The minimum Gasteiger partial charge on any atom is -0.494 e. The standard InChI is InChI=1S/C13H11FN2O3/c1-19-13-8-9(6-7-10(13)14)15-11-4-2-3-5-12(11)16(17)18/h2-8,15H,1H3. The smallest absolute Gasteiger partial charge is 0.292 e. The highest BCUT2D eigenvalue weighted by Crippen LogP contribution is 2.29. The van der Waals surface area contributed by atoms with Crippen LogP contribution in [-0.2, 0) is 0 Å². The minimum absolute atomic E-state index is 0.0502. The summed E-state index contributed by atoms with van der Waals surface area (Å²) in [6.45, 7) is 0. The van der Waals surface area contributed by atoms with Crippen molar-refractivity contribution in [3.8, 4) is 5.75 Å². The first-order valence-electron chi connectivity index (χ1n) is 5.46. The van der Waals surface area contributed by atoms with E-state index in [-0.39, 0.29) is 11.4 Å². The third-order valence-corrected chi connectivity index (χ3v) is 2.53. The summed E-state index contributed by atoms with van der Waals surface area (Å²) < 4.78 is 18.1. The topological polar surface area (TPSA) is 64.4 Å². The summed E-state index contributed by atoms with van der Waals surface area (Å²) in [6.07, 6.45) is 0. The Balaban J connectivity index is 2.34. The molecule has 2 rings (SSSR count). The maximum absolute atomic E-state index is 13.3. The van der Waals surface area contributed by atoms with Gasteiger partial charge in [-0.25, -0.2) is 4.39 Å². The number of anilines is 2. The molecule has 1 N–H and O–H groups in total. The van der Waals surface area contributed by atoms with Crippen LogP contribution in [0.5, 0.6) is 5.75 Å². The van der Waals surface area contributed by atoms with E-state index < -0.39 is 10.7 Å². The molecule has 0 aliphatic rings. The number of nitrogens with zero attached hydrogens (tertiary/aromatic N) is 1. The highest BCUT2D eigenvalue weighted by Gasteiger charge is 2.13. The Bertz CT molecular complexity index is 617. The summed E-state index contributed by atoms with van der Waals surface area (Å²) in [7, 11) is 1.35. The van der Waals surface area contributed by atoms with Gasteiger partial charge in [0.1, 0.15) is 5.69 Å². The van der Waals surface area contributed by atoms with Crippen LogP contribution in [0.2, 0.25) is 0 Å². The second kappa shape index (κ2) is 5.34. The number of halogens is 1. The van der Waals surface area contributed by atoms with Crippen molar-refractivity contribution in [2.75, 3.05) is 12.4 Å². The molecule has 5 nitrogen and oxygen atoms in total. The van der Waals surface area contributed by atoms with E-state index in [2.05, 4.69) is 5.32 Å². The molecule has 0 saturated carbocycles. The first-order valence-corrected chi connectivity index (χ1v) is 5.46. The lowest BCUT2D eigenvalue weighted by atomic mass is 10.2. The summed E-state index contributed by atoms with van der Waals surface area (Å²) in [4.78, 5) is 10.4. The van der Waals surface area contributed by atoms with Gasteiger partial charge >= 0.3 is 0 Å². The van der Waals surface area contributed by atoms with Gasteiger partial charge in [-0.15, -0.1) is 0 Å². The number of nitro benzene ring substituents is 1. The average molecular weight is 262 g/mol. The van der Waals surface area contributed by atoms with Crippen molar-refractivity contribution in [1.82, 2.24) is 0 Å². The van der Waals surface area contributed by atoms with E-state index >= 15 is 0 Å². The first-order chi connectivity index (χ1) is 9.11. The molecule has 0 atom stereocenters. The monoisotopic (exact) mass is 262 g/mol. The fourth-order valence-electron chi connectivity index (χ4n) is 1.63. The van der Waals surface area contributed by atoms with Crippen LogP contribution in [0.15, 0.2) is 42.5 Å². The number of nitro groups is 1. The number of benzene rings is 2. The van der Waals surface area contributed by atoms with Gasteiger partial charge < -0.3 is 10.1 Å². The van der Waals surface area contributed by atoms with E-state index in [1.54, 1.807) is 18.2 Å². The summed E-state index contributed by atoms with van der Waals surface area (Å²) >= 11 is 0. The van der Waals surface area contributed by atoms with Crippen molar-refractivity contribution in [2.45, 2.75) is 0 Å². The lowest BCUT2D eigenvalue weighted by Crippen LogP contribution is -1.97. The molecule has 0 fully saturated rings. The van der Waals surface area contributed by atoms with Crippen LogP contribution in [0.1, 0.15) is 0 Å². The molecule has 0 aromatic heterocycles. The van der Waals surface area contributed by atoms with Gasteiger partial charge in [0.05, 0.1) is 12.0 Å². The Hall–Kier alpha value is -2.63. The molecule has 0 heterocycles. The van der Waals surface area contributed by atoms with Gasteiger partial charge in [-0.05, 0) is 18.2 Å². The fraction of sp³-hybridized carbons (Fsp3) is 0.0769. The van der Waals surface area contributed by atoms with E-state index in [0.29, 0.717) is 11.4 Å². The zero-order chi connectivity index (χ0) is 13.8. The van der Waals surface area contributed by atoms with Crippen LogP contribution in [0.3, 0.4) is 0 Å². The van der Waals surface area contributed by atoms with Crippen molar-refractivity contribution < 1.29 is 14.1 Å². The summed E-state index contributed by atoms with van der Waals surface area (Å²) in [6, 6.07) is 10.4. The number of para-hydroxylation sites is 2.